The summed E-state index contributed by atoms with van der Waals surface area (Å²) in [5.41, 5.74) is 0.764. The van der Waals surface area contributed by atoms with Crippen LogP contribution < -0.4 is 10.6 Å². The molecule has 0 saturated carbocycles. The smallest absolute Gasteiger partial charge is 0.220 e. The van der Waals surface area contributed by atoms with Crippen molar-refractivity contribution in [3.8, 4) is 0 Å². The second-order valence-electron chi connectivity index (χ2n) is 5.93. The van der Waals surface area contributed by atoms with Gasteiger partial charge in [0, 0.05) is 19.6 Å². The quantitative estimate of drug-likeness (QED) is 0.854. The van der Waals surface area contributed by atoms with E-state index < -0.39 is 0 Å². The third kappa shape index (κ3) is 4.01. The highest BCUT2D eigenvalue weighted by molar-refractivity contribution is 5.77. The predicted octanol–water partition coefficient (Wildman–Crippen LogP) is 2.67. The minimum absolute atomic E-state index is 0.0114. The van der Waals surface area contributed by atoms with Gasteiger partial charge in [-0.05, 0) is 36.2 Å². The van der Waals surface area contributed by atoms with Gasteiger partial charge in [-0.3, -0.25) is 4.79 Å². The normalized spacial score (nSPS) is 20.8. The highest BCUT2D eigenvalue weighted by Gasteiger charge is 2.29. The lowest BCUT2D eigenvalue weighted by atomic mass is 9.92. The SMILES string of the molecule is COCc1ccc(CN[C@@H]2CCC(=O)N[C@H]2c2cccc(F)c2)o1. The zero-order chi connectivity index (χ0) is 16.9. The molecule has 2 atom stereocenters. The van der Waals surface area contributed by atoms with E-state index in [-0.39, 0.29) is 23.8 Å². The zero-order valence-electron chi connectivity index (χ0n) is 13.5. The first-order chi connectivity index (χ1) is 11.7. The Balaban J connectivity index is 1.68. The van der Waals surface area contributed by atoms with Crippen molar-refractivity contribution in [3.63, 3.8) is 0 Å². The number of rotatable bonds is 6. The molecule has 1 aromatic heterocycles. The molecule has 2 heterocycles. The van der Waals surface area contributed by atoms with E-state index in [0.717, 1.165) is 17.1 Å². The molecule has 1 aliphatic heterocycles. The Morgan fingerprint density at radius 3 is 2.96 bits per heavy atom. The van der Waals surface area contributed by atoms with Crippen LogP contribution in [0.3, 0.4) is 0 Å². The molecule has 0 spiro atoms. The first-order valence-electron chi connectivity index (χ1n) is 8.00. The van der Waals surface area contributed by atoms with Gasteiger partial charge < -0.3 is 19.8 Å². The average Bonchev–Trinajstić information content (AvgIpc) is 3.02. The zero-order valence-corrected chi connectivity index (χ0v) is 13.5. The maximum atomic E-state index is 13.5. The fraction of sp³-hybridized carbons (Fsp3) is 0.389. The summed E-state index contributed by atoms with van der Waals surface area (Å²) in [7, 11) is 1.62. The van der Waals surface area contributed by atoms with Crippen molar-refractivity contribution >= 4 is 5.91 Å². The summed E-state index contributed by atoms with van der Waals surface area (Å²) < 4.78 is 24.2. The molecule has 6 heteroatoms. The molecule has 2 N–H and O–H groups in total. The number of carbonyl (C=O) groups excluding carboxylic acids is 1. The third-order valence-electron chi connectivity index (χ3n) is 4.15. The molecule has 1 saturated heterocycles. The number of hydrogen-bond acceptors (Lipinski definition) is 4. The molecule has 2 aromatic rings. The van der Waals surface area contributed by atoms with Crippen molar-refractivity contribution in [1.29, 1.82) is 0 Å². The second kappa shape index (κ2) is 7.59. The summed E-state index contributed by atoms with van der Waals surface area (Å²) in [5, 5.41) is 6.36. The van der Waals surface area contributed by atoms with Crippen molar-refractivity contribution < 1.29 is 18.3 Å². The Morgan fingerprint density at radius 1 is 1.33 bits per heavy atom. The number of benzene rings is 1. The number of ether oxygens (including phenoxy) is 1. The molecule has 0 unspecified atom stereocenters. The maximum Gasteiger partial charge on any atom is 0.220 e. The van der Waals surface area contributed by atoms with Crippen molar-refractivity contribution in [3.05, 3.63) is 59.3 Å². The largest absolute Gasteiger partial charge is 0.462 e. The van der Waals surface area contributed by atoms with E-state index in [1.165, 1.54) is 12.1 Å². The standard InChI is InChI=1S/C18H21FN2O3/c1-23-11-15-6-5-14(24-15)10-20-16-7-8-17(22)21-18(16)12-3-2-4-13(19)9-12/h2-6,9,16,18,20H,7-8,10-11H2,1H3,(H,21,22)/t16-,18+/m1/s1. The summed E-state index contributed by atoms with van der Waals surface area (Å²) >= 11 is 0. The molecule has 1 aliphatic rings. The van der Waals surface area contributed by atoms with Crippen LogP contribution in [0, 0.1) is 5.82 Å². The average molecular weight is 332 g/mol. The van der Waals surface area contributed by atoms with Crippen LogP contribution >= 0.6 is 0 Å². The van der Waals surface area contributed by atoms with Crippen LogP contribution in [0.4, 0.5) is 4.39 Å². The molecule has 0 bridgehead atoms. The predicted molar refractivity (Wildman–Crippen MR) is 86.6 cm³/mol. The molecule has 5 nitrogen and oxygen atoms in total. The third-order valence-corrected chi connectivity index (χ3v) is 4.15. The molecule has 24 heavy (non-hydrogen) atoms. The lowest BCUT2D eigenvalue weighted by Gasteiger charge is -2.33. The highest BCUT2D eigenvalue weighted by atomic mass is 19.1. The second-order valence-corrected chi connectivity index (χ2v) is 5.93. The van der Waals surface area contributed by atoms with Gasteiger partial charge in [0.1, 0.15) is 23.9 Å². The minimum atomic E-state index is -0.304. The minimum Gasteiger partial charge on any atom is -0.462 e. The van der Waals surface area contributed by atoms with E-state index in [1.807, 2.05) is 18.2 Å². The van der Waals surface area contributed by atoms with Crippen LogP contribution in [0.1, 0.15) is 36.0 Å². The van der Waals surface area contributed by atoms with Crippen LogP contribution in [0.25, 0.3) is 0 Å². The number of halogens is 1. The lowest BCUT2D eigenvalue weighted by molar-refractivity contribution is -0.123. The molecule has 0 radical (unpaired) electrons. The topological polar surface area (TPSA) is 63.5 Å². The fourth-order valence-electron chi connectivity index (χ4n) is 3.00. The number of amides is 1. The van der Waals surface area contributed by atoms with Crippen molar-refractivity contribution in [2.45, 2.75) is 38.1 Å². The van der Waals surface area contributed by atoms with Gasteiger partial charge in [0.05, 0.1) is 12.6 Å². The fourth-order valence-corrected chi connectivity index (χ4v) is 3.00. The van der Waals surface area contributed by atoms with Gasteiger partial charge in [0.2, 0.25) is 5.91 Å². The van der Waals surface area contributed by atoms with Crippen molar-refractivity contribution in [2.75, 3.05) is 7.11 Å². The van der Waals surface area contributed by atoms with E-state index in [4.69, 9.17) is 9.15 Å². The Morgan fingerprint density at radius 2 is 2.17 bits per heavy atom. The molecular weight excluding hydrogens is 311 g/mol. The molecule has 1 amide bonds. The monoisotopic (exact) mass is 332 g/mol. The van der Waals surface area contributed by atoms with E-state index in [2.05, 4.69) is 10.6 Å². The number of carbonyl (C=O) groups is 1. The van der Waals surface area contributed by atoms with Crippen LogP contribution in [-0.2, 0) is 22.7 Å². The first-order valence-corrected chi connectivity index (χ1v) is 8.00. The Kier molecular flexibility index (Phi) is 5.27. The number of hydrogen-bond donors (Lipinski definition) is 2. The Labute approximate surface area is 140 Å². The van der Waals surface area contributed by atoms with Crippen LogP contribution in [0.15, 0.2) is 40.8 Å². The summed E-state index contributed by atoms with van der Waals surface area (Å²) in [6.07, 6.45) is 1.15. The number of piperidine rings is 1. The molecule has 0 aliphatic carbocycles. The van der Waals surface area contributed by atoms with E-state index in [1.54, 1.807) is 13.2 Å². The van der Waals surface area contributed by atoms with E-state index in [0.29, 0.717) is 26.0 Å². The molecule has 3 rings (SSSR count). The van der Waals surface area contributed by atoms with Gasteiger partial charge >= 0.3 is 0 Å². The first kappa shape index (κ1) is 16.7. The van der Waals surface area contributed by atoms with Crippen molar-refractivity contribution in [1.82, 2.24) is 10.6 Å². The number of furan rings is 1. The lowest BCUT2D eigenvalue weighted by Crippen LogP contribution is -2.48. The summed E-state index contributed by atoms with van der Waals surface area (Å²) in [5.74, 6) is 1.26. The molecule has 1 aromatic carbocycles. The van der Waals surface area contributed by atoms with Gasteiger partial charge in [0.25, 0.3) is 0 Å². The van der Waals surface area contributed by atoms with Gasteiger partial charge in [-0.25, -0.2) is 4.39 Å². The van der Waals surface area contributed by atoms with Gasteiger partial charge in [0.15, 0.2) is 0 Å². The number of methoxy groups -OCH3 is 1. The van der Waals surface area contributed by atoms with Gasteiger partial charge in [-0.15, -0.1) is 0 Å². The molecular formula is C18H21FN2O3. The highest BCUT2D eigenvalue weighted by Crippen LogP contribution is 2.25. The maximum absolute atomic E-state index is 13.5. The van der Waals surface area contributed by atoms with E-state index in [9.17, 15) is 9.18 Å². The number of nitrogens with one attached hydrogen (secondary N) is 2. The van der Waals surface area contributed by atoms with Gasteiger partial charge in [-0.2, -0.15) is 0 Å². The summed E-state index contributed by atoms with van der Waals surface area (Å²) in [4.78, 5) is 11.8. The van der Waals surface area contributed by atoms with Crippen LogP contribution in [0.5, 0.6) is 0 Å². The summed E-state index contributed by atoms with van der Waals surface area (Å²) in [6.45, 7) is 0.974. The Hall–Kier alpha value is -2.18. The Bertz CT molecular complexity index is 701. The van der Waals surface area contributed by atoms with Gasteiger partial charge in [-0.1, -0.05) is 12.1 Å². The molecule has 128 valence electrons. The summed E-state index contributed by atoms with van der Waals surface area (Å²) in [6, 6.07) is 9.90. The van der Waals surface area contributed by atoms with E-state index >= 15 is 0 Å². The van der Waals surface area contributed by atoms with Crippen molar-refractivity contribution in [2.24, 2.45) is 0 Å². The van der Waals surface area contributed by atoms with Crippen LogP contribution in [0.2, 0.25) is 0 Å². The van der Waals surface area contributed by atoms with Crippen LogP contribution in [-0.4, -0.2) is 19.1 Å². The molecule has 1 fully saturated rings.